The molecule has 6 nitrogen and oxygen atoms in total. The number of carbonyl (C=O) groups is 1. The van der Waals surface area contributed by atoms with E-state index in [0.717, 1.165) is 6.07 Å². The third-order valence-corrected chi connectivity index (χ3v) is 9.91. The lowest BCUT2D eigenvalue weighted by atomic mass is 9.62. The van der Waals surface area contributed by atoms with E-state index in [0.29, 0.717) is 12.0 Å². The lowest BCUT2D eigenvalue weighted by molar-refractivity contribution is 0.0696. The SMILES string of the molecule is COc1cc(C(=O)O)ccc1C#CCN1[C@@H](CO)[C@H](c2cccc(Cl)c2F)[C@@](C#N)(c2ccc(Cl)cc2F)C12C[C@H]2C(C)(C)C. The molecule has 2 aliphatic rings. The van der Waals surface area contributed by atoms with E-state index in [1.807, 2.05) is 25.7 Å². The largest absolute Gasteiger partial charge is 0.495 e. The molecule has 1 aliphatic heterocycles. The number of likely N-dealkylation sites (tertiary alicyclic amines) is 1. The van der Waals surface area contributed by atoms with Crippen LogP contribution in [0.25, 0.3) is 0 Å². The number of methoxy groups -OCH3 is 1. The zero-order valence-corrected chi connectivity index (χ0v) is 26.7. The molecule has 10 heteroatoms. The van der Waals surface area contributed by atoms with Gasteiger partial charge in [0, 0.05) is 28.1 Å². The first-order valence-corrected chi connectivity index (χ1v) is 15.1. The van der Waals surface area contributed by atoms with E-state index in [2.05, 4.69) is 17.9 Å². The second kappa shape index (κ2) is 11.9. The summed E-state index contributed by atoms with van der Waals surface area (Å²) in [7, 11) is 1.41. The topological polar surface area (TPSA) is 93.8 Å². The number of aliphatic hydroxyl groups is 1. The Kier molecular flexibility index (Phi) is 8.68. The van der Waals surface area contributed by atoms with E-state index in [1.165, 1.54) is 43.5 Å². The van der Waals surface area contributed by atoms with Gasteiger partial charge in [0.25, 0.3) is 0 Å². The van der Waals surface area contributed by atoms with E-state index in [9.17, 15) is 20.3 Å². The Labute approximate surface area is 271 Å². The fourth-order valence-electron chi connectivity index (χ4n) is 7.54. The van der Waals surface area contributed by atoms with Crippen molar-refractivity contribution in [1.29, 1.82) is 5.26 Å². The van der Waals surface area contributed by atoms with Crippen LogP contribution in [0.1, 0.15) is 60.2 Å². The van der Waals surface area contributed by atoms with E-state index in [4.69, 9.17) is 27.9 Å². The van der Waals surface area contributed by atoms with Crippen LogP contribution < -0.4 is 4.74 Å². The Morgan fingerprint density at radius 1 is 1.16 bits per heavy atom. The molecule has 0 amide bonds. The molecule has 5 atom stereocenters. The van der Waals surface area contributed by atoms with Crippen molar-refractivity contribution < 1.29 is 28.5 Å². The molecular weight excluding hydrogens is 621 g/mol. The zero-order chi connectivity index (χ0) is 32.9. The fourth-order valence-corrected chi connectivity index (χ4v) is 7.88. The molecule has 0 aromatic heterocycles. The number of ether oxygens (including phenoxy) is 1. The highest BCUT2D eigenvalue weighted by atomic mass is 35.5. The summed E-state index contributed by atoms with van der Waals surface area (Å²) in [5.41, 5.74) is -2.48. The highest BCUT2D eigenvalue weighted by Crippen LogP contribution is 2.74. The number of hydrogen-bond acceptors (Lipinski definition) is 5. The number of benzene rings is 3. The van der Waals surface area contributed by atoms with Crippen molar-refractivity contribution in [2.75, 3.05) is 20.3 Å². The van der Waals surface area contributed by atoms with E-state index in [-0.39, 0.29) is 50.4 Å². The van der Waals surface area contributed by atoms with E-state index >= 15 is 8.78 Å². The van der Waals surface area contributed by atoms with Gasteiger partial charge in [0.2, 0.25) is 0 Å². The molecule has 1 spiro atoms. The van der Waals surface area contributed by atoms with Crippen LogP contribution in [0.3, 0.4) is 0 Å². The number of nitrogens with zero attached hydrogens (tertiary/aromatic N) is 2. The molecule has 1 heterocycles. The molecule has 1 aliphatic carbocycles. The first-order chi connectivity index (χ1) is 21.3. The Bertz CT molecular complexity index is 1780. The average Bonchev–Trinajstić information content (AvgIpc) is 3.71. The summed E-state index contributed by atoms with van der Waals surface area (Å²) < 4.78 is 37.4. The number of carboxylic acid groups (broad SMARTS) is 1. The van der Waals surface area contributed by atoms with Gasteiger partial charge in [0.15, 0.2) is 0 Å². The second-order valence-corrected chi connectivity index (χ2v) is 13.5. The van der Waals surface area contributed by atoms with Crippen molar-refractivity contribution in [3.63, 3.8) is 0 Å². The number of carboxylic acids is 1. The van der Waals surface area contributed by atoms with Gasteiger partial charge < -0.3 is 14.9 Å². The quantitative estimate of drug-likeness (QED) is 0.277. The van der Waals surface area contributed by atoms with Crippen molar-refractivity contribution in [2.24, 2.45) is 11.3 Å². The van der Waals surface area contributed by atoms with Crippen LogP contribution >= 0.6 is 23.2 Å². The van der Waals surface area contributed by atoms with Crippen molar-refractivity contribution in [2.45, 2.75) is 50.1 Å². The predicted octanol–water partition coefficient (Wildman–Crippen LogP) is 7.06. The molecule has 0 bridgehead atoms. The minimum atomic E-state index is -1.68. The molecule has 5 rings (SSSR count). The normalized spacial score (nSPS) is 25.8. The van der Waals surface area contributed by atoms with Crippen LogP contribution in [-0.4, -0.2) is 52.9 Å². The maximum Gasteiger partial charge on any atom is 0.335 e. The van der Waals surface area contributed by atoms with E-state index in [1.54, 1.807) is 12.1 Å². The Hall–Kier alpha value is -3.66. The number of aliphatic hydroxyl groups excluding tert-OH is 1. The minimum Gasteiger partial charge on any atom is -0.495 e. The average molecular weight is 654 g/mol. The number of halogens is 4. The monoisotopic (exact) mass is 652 g/mol. The Morgan fingerprint density at radius 2 is 1.89 bits per heavy atom. The van der Waals surface area contributed by atoms with Crippen LogP contribution in [0.15, 0.2) is 54.6 Å². The molecule has 3 aromatic rings. The van der Waals surface area contributed by atoms with Gasteiger partial charge in [-0.1, -0.05) is 74.0 Å². The Morgan fingerprint density at radius 3 is 2.47 bits per heavy atom. The van der Waals surface area contributed by atoms with Crippen LogP contribution in [0.4, 0.5) is 8.78 Å². The van der Waals surface area contributed by atoms with Crippen molar-refractivity contribution in [1.82, 2.24) is 4.90 Å². The third-order valence-electron chi connectivity index (χ3n) is 9.38. The number of rotatable bonds is 6. The first kappa shape index (κ1) is 32.7. The molecule has 2 N–H and O–H groups in total. The second-order valence-electron chi connectivity index (χ2n) is 12.6. The molecule has 45 heavy (non-hydrogen) atoms. The van der Waals surface area contributed by atoms with Crippen molar-refractivity contribution in [3.8, 4) is 23.7 Å². The summed E-state index contributed by atoms with van der Waals surface area (Å²) in [6.07, 6.45) is 0.458. The predicted molar refractivity (Wildman–Crippen MR) is 168 cm³/mol. The first-order valence-electron chi connectivity index (χ1n) is 14.4. The molecule has 1 unspecified atom stereocenters. The smallest absolute Gasteiger partial charge is 0.335 e. The van der Waals surface area contributed by atoms with Crippen LogP contribution in [0.2, 0.25) is 10.0 Å². The molecule has 3 aromatic carbocycles. The molecule has 0 radical (unpaired) electrons. The Balaban J connectivity index is 1.76. The van der Waals surface area contributed by atoms with Gasteiger partial charge in [-0.05, 0) is 59.7 Å². The highest BCUT2D eigenvalue weighted by molar-refractivity contribution is 6.31. The van der Waals surface area contributed by atoms with Gasteiger partial charge in [0.1, 0.15) is 22.8 Å². The van der Waals surface area contributed by atoms with Crippen LogP contribution in [0, 0.1) is 46.1 Å². The summed E-state index contributed by atoms with van der Waals surface area (Å²) in [5.74, 6) is 2.66. The summed E-state index contributed by atoms with van der Waals surface area (Å²) in [6, 6.07) is 14.6. The van der Waals surface area contributed by atoms with Gasteiger partial charge in [-0.15, -0.1) is 0 Å². The highest BCUT2D eigenvalue weighted by Gasteiger charge is 2.81. The standard InChI is InChI=1S/C35H32Cl2F2N2O4/c1-33(2,3)29-17-35(29)34(19-40,24-13-12-22(36)16-26(24)38)30(23-8-5-9-25(37)31(23)39)27(18-42)41(35)14-6-7-20-10-11-21(32(43)44)15-28(20)45-4/h5,8-13,15-16,27,29-30,42H,14,17-18H2,1-4H3,(H,43,44)/t27-,29-,30-,34+,35?/m0/s1. The van der Waals surface area contributed by atoms with Gasteiger partial charge in [-0.2, -0.15) is 5.26 Å². The molecular formula is C35H32Cl2F2N2O4. The summed E-state index contributed by atoms with van der Waals surface area (Å²) >= 11 is 12.4. The van der Waals surface area contributed by atoms with Gasteiger partial charge >= 0.3 is 5.97 Å². The number of nitriles is 1. The van der Waals surface area contributed by atoms with Gasteiger partial charge in [0.05, 0.1) is 42.5 Å². The summed E-state index contributed by atoms with van der Waals surface area (Å²) in [6.45, 7) is 5.65. The molecule has 2 fully saturated rings. The van der Waals surface area contributed by atoms with Gasteiger partial charge in [-0.25, -0.2) is 13.6 Å². The fraction of sp³-hybridized carbons (Fsp3) is 0.371. The summed E-state index contributed by atoms with van der Waals surface area (Å²) in [5, 5.41) is 31.6. The lowest BCUT2D eigenvalue weighted by Gasteiger charge is -2.39. The number of aromatic carboxylic acids is 1. The molecule has 1 saturated heterocycles. The van der Waals surface area contributed by atoms with Crippen molar-refractivity contribution in [3.05, 3.63) is 98.5 Å². The lowest BCUT2D eigenvalue weighted by Crippen LogP contribution is -2.50. The maximum atomic E-state index is 16.1. The van der Waals surface area contributed by atoms with Crippen LogP contribution in [0.5, 0.6) is 5.75 Å². The summed E-state index contributed by atoms with van der Waals surface area (Å²) in [4.78, 5) is 13.4. The van der Waals surface area contributed by atoms with E-state index < -0.39 is 47.1 Å². The van der Waals surface area contributed by atoms with Crippen molar-refractivity contribution >= 4 is 29.2 Å². The molecule has 1 saturated carbocycles. The minimum absolute atomic E-state index is 0.0268. The third kappa shape index (κ3) is 5.15. The molecule has 234 valence electrons. The maximum absolute atomic E-state index is 16.1. The number of hydrogen-bond donors (Lipinski definition) is 2. The van der Waals surface area contributed by atoms with Gasteiger partial charge in [-0.3, -0.25) is 4.90 Å². The van der Waals surface area contributed by atoms with Crippen LogP contribution in [-0.2, 0) is 5.41 Å². The zero-order valence-electron chi connectivity index (χ0n) is 25.2.